The number of hydrogen-bond acceptors (Lipinski definition) is 4. The lowest BCUT2D eigenvalue weighted by molar-refractivity contribution is -0.145. The molecular formula is C26H29N3O3. The lowest BCUT2D eigenvalue weighted by Crippen LogP contribution is -2.54. The van der Waals surface area contributed by atoms with Crippen molar-refractivity contribution in [3.63, 3.8) is 0 Å². The second-order valence-corrected chi connectivity index (χ2v) is 9.51. The summed E-state index contributed by atoms with van der Waals surface area (Å²) in [5.41, 5.74) is 3.38. The van der Waals surface area contributed by atoms with Crippen molar-refractivity contribution < 1.29 is 14.4 Å². The van der Waals surface area contributed by atoms with Gasteiger partial charge in [-0.3, -0.25) is 24.6 Å². The maximum atomic E-state index is 13.8. The van der Waals surface area contributed by atoms with Gasteiger partial charge in [0, 0.05) is 23.3 Å². The Hall–Kier alpha value is -2.99. The Balaban J connectivity index is 1.68. The number of benzene rings is 2. The molecule has 6 heteroatoms. The first kappa shape index (κ1) is 20.9. The number of anilines is 1. The molecular weight excluding hydrogens is 402 g/mol. The molecule has 0 bridgehead atoms. The predicted octanol–water partition coefficient (Wildman–Crippen LogP) is 3.07. The normalized spacial score (nSPS) is 29.4. The maximum Gasteiger partial charge on any atom is 0.250 e. The van der Waals surface area contributed by atoms with Gasteiger partial charge < -0.3 is 5.32 Å². The SMILES string of the molecule is CCC(C)N1C(=O)C2C(Cc3ccccc3)NC3(C(=O)Nc4c(C)cc(C)cc43)C2C1=O. The Kier molecular flexibility index (Phi) is 4.75. The molecule has 5 rings (SSSR count). The first-order valence-corrected chi connectivity index (χ1v) is 11.4. The van der Waals surface area contributed by atoms with E-state index in [1.165, 1.54) is 4.90 Å². The second kappa shape index (κ2) is 7.27. The van der Waals surface area contributed by atoms with E-state index in [9.17, 15) is 14.4 Å². The molecule has 0 aliphatic carbocycles. The van der Waals surface area contributed by atoms with Crippen LogP contribution in [0.25, 0.3) is 0 Å². The molecule has 0 saturated carbocycles. The van der Waals surface area contributed by atoms with Gasteiger partial charge in [-0.2, -0.15) is 0 Å². The van der Waals surface area contributed by atoms with Crippen molar-refractivity contribution in [2.45, 2.75) is 58.2 Å². The Morgan fingerprint density at radius 1 is 1.06 bits per heavy atom. The number of fused-ring (bicyclic) bond motifs is 4. The Bertz CT molecular complexity index is 1130. The highest BCUT2D eigenvalue weighted by Gasteiger charge is 2.70. The minimum atomic E-state index is -1.23. The molecule has 2 aromatic carbocycles. The van der Waals surface area contributed by atoms with E-state index < -0.39 is 17.4 Å². The van der Waals surface area contributed by atoms with Gasteiger partial charge in [0.25, 0.3) is 0 Å². The molecule has 5 unspecified atom stereocenters. The number of carbonyl (C=O) groups is 3. The summed E-state index contributed by atoms with van der Waals surface area (Å²) in [6.07, 6.45) is 1.26. The molecule has 2 saturated heterocycles. The highest BCUT2D eigenvalue weighted by molar-refractivity contribution is 6.15. The molecule has 166 valence electrons. The minimum Gasteiger partial charge on any atom is -0.324 e. The molecule has 3 aliphatic rings. The second-order valence-electron chi connectivity index (χ2n) is 9.51. The minimum absolute atomic E-state index is 0.162. The van der Waals surface area contributed by atoms with Gasteiger partial charge >= 0.3 is 0 Å². The van der Waals surface area contributed by atoms with Crippen LogP contribution in [0.4, 0.5) is 5.69 Å². The molecule has 3 amide bonds. The summed E-state index contributed by atoms with van der Waals surface area (Å²) >= 11 is 0. The van der Waals surface area contributed by atoms with E-state index in [0.29, 0.717) is 12.8 Å². The van der Waals surface area contributed by atoms with E-state index in [1.807, 2.05) is 70.2 Å². The van der Waals surface area contributed by atoms with Crippen LogP contribution in [-0.2, 0) is 26.3 Å². The van der Waals surface area contributed by atoms with E-state index in [4.69, 9.17) is 0 Å². The zero-order chi connectivity index (χ0) is 22.8. The van der Waals surface area contributed by atoms with Crippen LogP contribution in [0.2, 0.25) is 0 Å². The molecule has 0 radical (unpaired) electrons. The zero-order valence-corrected chi connectivity index (χ0v) is 18.9. The summed E-state index contributed by atoms with van der Waals surface area (Å²) in [5.74, 6) is -1.96. The highest BCUT2D eigenvalue weighted by Crippen LogP contribution is 2.54. The van der Waals surface area contributed by atoms with E-state index in [0.717, 1.165) is 27.9 Å². The van der Waals surface area contributed by atoms with Crippen molar-refractivity contribution in [2.24, 2.45) is 11.8 Å². The Labute approximate surface area is 188 Å². The molecule has 3 aliphatic heterocycles. The van der Waals surface area contributed by atoms with Crippen molar-refractivity contribution in [2.75, 3.05) is 5.32 Å². The standard InChI is InChI=1S/C26H29N3O3/c1-5-16(4)29-23(30)20-19(13-17-9-7-6-8-10-17)28-26(21(20)24(29)31)18-12-14(2)11-15(3)22(18)27-25(26)32/h6-12,16,19-21,28H,5,13H2,1-4H3,(H,27,32). The topological polar surface area (TPSA) is 78.5 Å². The van der Waals surface area contributed by atoms with Gasteiger partial charge in [0.05, 0.1) is 11.8 Å². The van der Waals surface area contributed by atoms with Crippen LogP contribution in [-0.4, -0.2) is 34.7 Å². The third-order valence-corrected chi connectivity index (χ3v) is 7.53. The highest BCUT2D eigenvalue weighted by atomic mass is 16.2. The fraction of sp³-hybridized carbons (Fsp3) is 0.423. The van der Waals surface area contributed by atoms with Crippen molar-refractivity contribution >= 4 is 23.4 Å². The van der Waals surface area contributed by atoms with Gasteiger partial charge in [-0.05, 0) is 44.7 Å². The molecule has 1 spiro atoms. The number of aryl methyl sites for hydroxylation is 2. The van der Waals surface area contributed by atoms with Gasteiger partial charge in [0.2, 0.25) is 17.7 Å². The van der Waals surface area contributed by atoms with E-state index in [1.54, 1.807) is 0 Å². The molecule has 2 N–H and O–H groups in total. The molecule has 2 fully saturated rings. The van der Waals surface area contributed by atoms with Crippen molar-refractivity contribution in [3.8, 4) is 0 Å². The number of hydrogen-bond donors (Lipinski definition) is 2. The largest absolute Gasteiger partial charge is 0.324 e. The molecule has 3 heterocycles. The molecule has 5 atom stereocenters. The van der Waals surface area contributed by atoms with Crippen LogP contribution in [0.3, 0.4) is 0 Å². The number of nitrogens with zero attached hydrogens (tertiary/aromatic N) is 1. The molecule has 2 aromatic rings. The van der Waals surface area contributed by atoms with Crippen molar-refractivity contribution in [3.05, 3.63) is 64.7 Å². The Morgan fingerprint density at radius 2 is 1.78 bits per heavy atom. The molecule has 0 aromatic heterocycles. The summed E-state index contributed by atoms with van der Waals surface area (Å²) in [7, 11) is 0. The van der Waals surface area contributed by atoms with Crippen LogP contribution >= 0.6 is 0 Å². The maximum absolute atomic E-state index is 13.8. The van der Waals surface area contributed by atoms with Gasteiger partial charge in [0.1, 0.15) is 5.54 Å². The van der Waals surface area contributed by atoms with Crippen LogP contribution < -0.4 is 10.6 Å². The summed E-state index contributed by atoms with van der Waals surface area (Å²) in [6.45, 7) is 7.83. The van der Waals surface area contributed by atoms with E-state index in [-0.39, 0.29) is 29.8 Å². The number of nitrogens with one attached hydrogen (secondary N) is 2. The van der Waals surface area contributed by atoms with Crippen LogP contribution in [0.1, 0.15) is 42.5 Å². The van der Waals surface area contributed by atoms with Crippen molar-refractivity contribution in [1.82, 2.24) is 10.2 Å². The third-order valence-electron chi connectivity index (χ3n) is 7.53. The third kappa shape index (κ3) is 2.72. The van der Waals surface area contributed by atoms with Crippen LogP contribution in [0.5, 0.6) is 0 Å². The van der Waals surface area contributed by atoms with Gasteiger partial charge in [-0.15, -0.1) is 0 Å². The zero-order valence-electron chi connectivity index (χ0n) is 18.9. The quantitative estimate of drug-likeness (QED) is 0.730. The van der Waals surface area contributed by atoms with Gasteiger partial charge in [-0.25, -0.2) is 0 Å². The van der Waals surface area contributed by atoms with E-state index >= 15 is 0 Å². The number of amides is 3. The predicted molar refractivity (Wildman–Crippen MR) is 122 cm³/mol. The number of imide groups is 1. The summed E-state index contributed by atoms with van der Waals surface area (Å²) in [6, 6.07) is 13.4. The monoisotopic (exact) mass is 431 g/mol. The average Bonchev–Trinajstić information content (AvgIpc) is 3.34. The number of carbonyl (C=O) groups excluding carboxylic acids is 3. The lowest BCUT2D eigenvalue weighted by Gasteiger charge is -2.31. The lowest BCUT2D eigenvalue weighted by atomic mass is 9.75. The average molecular weight is 432 g/mol. The fourth-order valence-corrected chi connectivity index (χ4v) is 5.94. The summed E-state index contributed by atoms with van der Waals surface area (Å²) in [5, 5.41) is 6.57. The number of likely N-dealkylation sites (tertiary alicyclic amines) is 1. The number of rotatable bonds is 4. The molecule has 32 heavy (non-hydrogen) atoms. The fourth-order valence-electron chi connectivity index (χ4n) is 5.94. The summed E-state index contributed by atoms with van der Waals surface area (Å²) < 4.78 is 0. The van der Waals surface area contributed by atoms with E-state index in [2.05, 4.69) is 10.6 Å². The smallest absolute Gasteiger partial charge is 0.250 e. The first-order chi connectivity index (χ1) is 15.3. The Morgan fingerprint density at radius 3 is 2.47 bits per heavy atom. The first-order valence-electron chi connectivity index (χ1n) is 11.4. The molecule has 6 nitrogen and oxygen atoms in total. The van der Waals surface area contributed by atoms with Crippen LogP contribution in [0.15, 0.2) is 42.5 Å². The van der Waals surface area contributed by atoms with Crippen LogP contribution in [0, 0.1) is 25.7 Å². The summed E-state index contributed by atoms with van der Waals surface area (Å²) in [4.78, 5) is 42.4. The van der Waals surface area contributed by atoms with Crippen molar-refractivity contribution in [1.29, 1.82) is 0 Å². The van der Waals surface area contributed by atoms with Gasteiger partial charge in [0.15, 0.2) is 0 Å². The van der Waals surface area contributed by atoms with Gasteiger partial charge in [-0.1, -0.05) is 55.0 Å².